The summed E-state index contributed by atoms with van der Waals surface area (Å²) in [6.45, 7) is 0. The van der Waals surface area contributed by atoms with Crippen LogP contribution in [0.2, 0.25) is 0 Å². The molecule has 0 heterocycles. The standard InChI is InChI=1S/C15H21O8P/c1-19-11-8-6-10(7-9-11)13(24(18,22-4)23-5)12(14(16)20-2)15(17)21-3/h6-9,12-13H,1-5H3. The zero-order valence-electron chi connectivity index (χ0n) is 14.2. The van der Waals surface area contributed by atoms with Crippen molar-refractivity contribution < 1.29 is 37.4 Å². The highest BCUT2D eigenvalue weighted by Gasteiger charge is 2.49. The summed E-state index contributed by atoms with van der Waals surface area (Å²) in [5.74, 6) is -2.78. The third kappa shape index (κ3) is 4.14. The van der Waals surface area contributed by atoms with Crippen LogP contribution in [0.4, 0.5) is 0 Å². The average molecular weight is 360 g/mol. The van der Waals surface area contributed by atoms with E-state index >= 15 is 0 Å². The fourth-order valence-electron chi connectivity index (χ4n) is 2.27. The SMILES string of the molecule is COC(=O)C(C(=O)OC)C(c1ccc(OC)cc1)P(=O)(OC)OC. The zero-order chi connectivity index (χ0) is 18.3. The van der Waals surface area contributed by atoms with Gasteiger partial charge in [0, 0.05) is 14.2 Å². The summed E-state index contributed by atoms with van der Waals surface area (Å²) < 4.78 is 37.4. The first-order valence-corrected chi connectivity index (χ1v) is 8.50. The molecule has 1 aromatic carbocycles. The van der Waals surface area contributed by atoms with Crippen molar-refractivity contribution >= 4 is 19.5 Å². The first-order chi connectivity index (χ1) is 11.4. The number of rotatable bonds is 8. The van der Waals surface area contributed by atoms with Crippen LogP contribution in [-0.2, 0) is 32.7 Å². The van der Waals surface area contributed by atoms with Gasteiger partial charge >= 0.3 is 19.5 Å². The Kier molecular flexibility index (Phi) is 7.41. The van der Waals surface area contributed by atoms with Gasteiger partial charge in [-0.05, 0) is 17.7 Å². The zero-order valence-corrected chi connectivity index (χ0v) is 15.1. The molecule has 0 amide bonds. The minimum absolute atomic E-state index is 0.378. The van der Waals surface area contributed by atoms with E-state index in [1.165, 1.54) is 21.3 Å². The fourth-order valence-corrected chi connectivity index (χ4v) is 4.02. The highest BCUT2D eigenvalue weighted by atomic mass is 31.2. The minimum atomic E-state index is -3.87. The third-order valence-corrected chi connectivity index (χ3v) is 5.83. The lowest BCUT2D eigenvalue weighted by Crippen LogP contribution is -2.32. The number of ether oxygens (including phenoxy) is 3. The summed E-state index contributed by atoms with van der Waals surface area (Å²) in [6, 6.07) is 6.33. The Bertz CT molecular complexity index is 588. The molecule has 0 saturated carbocycles. The molecule has 8 nitrogen and oxygen atoms in total. The number of benzene rings is 1. The van der Waals surface area contributed by atoms with Gasteiger partial charge in [-0.15, -0.1) is 0 Å². The van der Waals surface area contributed by atoms with Crippen LogP contribution in [0.1, 0.15) is 11.2 Å². The van der Waals surface area contributed by atoms with E-state index in [1.807, 2.05) is 0 Å². The van der Waals surface area contributed by atoms with Gasteiger partial charge in [-0.25, -0.2) is 0 Å². The second-order valence-corrected chi connectivity index (χ2v) is 7.01. The number of esters is 2. The summed E-state index contributed by atoms with van der Waals surface area (Å²) >= 11 is 0. The maximum atomic E-state index is 13.0. The molecular weight excluding hydrogens is 339 g/mol. The van der Waals surface area contributed by atoms with Crippen LogP contribution in [0.5, 0.6) is 5.75 Å². The average Bonchev–Trinajstić information content (AvgIpc) is 2.64. The number of carbonyl (C=O) groups is 2. The summed E-state index contributed by atoms with van der Waals surface area (Å²) in [5.41, 5.74) is -0.859. The summed E-state index contributed by atoms with van der Waals surface area (Å²) in [7, 11) is 2.21. The number of hydrogen-bond acceptors (Lipinski definition) is 8. The summed E-state index contributed by atoms with van der Waals surface area (Å²) in [5, 5.41) is 0. The first-order valence-electron chi connectivity index (χ1n) is 6.89. The third-order valence-electron chi connectivity index (χ3n) is 3.53. The Morgan fingerprint density at radius 1 is 0.875 bits per heavy atom. The molecule has 24 heavy (non-hydrogen) atoms. The van der Waals surface area contributed by atoms with Crippen LogP contribution < -0.4 is 4.74 Å². The molecule has 0 bridgehead atoms. The lowest BCUT2D eigenvalue weighted by Gasteiger charge is -2.28. The topological polar surface area (TPSA) is 97.4 Å². The Labute approximate surface area is 140 Å². The van der Waals surface area contributed by atoms with Crippen molar-refractivity contribution in [1.82, 2.24) is 0 Å². The second-order valence-electron chi connectivity index (χ2n) is 4.65. The molecule has 0 N–H and O–H groups in total. The normalized spacial score (nSPS) is 12.6. The molecule has 0 aliphatic rings. The predicted octanol–water partition coefficient (Wildman–Crippen LogP) is 2.18. The van der Waals surface area contributed by atoms with Crippen LogP contribution in [0, 0.1) is 5.92 Å². The van der Waals surface area contributed by atoms with Crippen LogP contribution in [0.3, 0.4) is 0 Å². The molecule has 0 saturated heterocycles. The van der Waals surface area contributed by atoms with Crippen molar-refractivity contribution in [1.29, 1.82) is 0 Å². The van der Waals surface area contributed by atoms with E-state index in [1.54, 1.807) is 24.3 Å². The highest BCUT2D eigenvalue weighted by molar-refractivity contribution is 7.54. The van der Waals surface area contributed by atoms with Gasteiger partial charge in [-0.1, -0.05) is 12.1 Å². The van der Waals surface area contributed by atoms with Gasteiger partial charge < -0.3 is 23.3 Å². The van der Waals surface area contributed by atoms with Crippen molar-refractivity contribution in [3.8, 4) is 5.75 Å². The van der Waals surface area contributed by atoms with E-state index < -0.39 is 31.1 Å². The fraction of sp³-hybridized carbons (Fsp3) is 0.467. The van der Waals surface area contributed by atoms with Crippen LogP contribution in [-0.4, -0.2) is 47.5 Å². The van der Waals surface area contributed by atoms with Crippen molar-refractivity contribution in [2.45, 2.75) is 5.66 Å². The molecule has 1 aromatic rings. The molecule has 0 aromatic heterocycles. The van der Waals surface area contributed by atoms with Gasteiger partial charge in [-0.3, -0.25) is 14.2 Å². The quantitative estimate of drug-likeness (QED) is 0.395. The molecule has 1 unspecified atom stereocenters. The predicted molar refractivity (Wildman–Crippen MR) is 84.9 cm³/mol. The van der Waals surface area contributed by atoms with E-state index in [0.717, 1.165) is 14.2 Å². The lowest BCUT2D eigenvalue weighted by atomic mass is 9.98. The van der Waals surface area contributed by atoms with Gasteiger partial charge in [0.1, 0.15) is 11.4 Å². The largest absolute Gasteiger partial charge is 0.497 e. The molecule has 1 atom stereocenters. The lowest BCUT2D eigenvalue weighted by molar-refractivity contribution is -0.159. The number of hydrogen-bond donors (Lipinski definition) is 0. The molecule has 0 spiro atoms. The van der Waals surface area contributed by atoms with Gasteiger partial charge in [0.2, 0.25) is 0 Å². The number of carbonyl (C=O) groups excluding carboxylic acids is 2. The van der Waals surface area contributed by atoms with Crippen LogP contribution in [0.25, 0.3) is 0 Å². The second kappa shape index (κ2) is 8.82. The van der Waals surface area contributed by atoms with Gasteiger partial charge in [0.05, 0.1) is 21.3 Å². The number of methoxy groups -OCH3 is 3. The van der Waals surface area contributed by atoms with Gasteiger partial charge in [0.15, 0.2) is 5.92 Å². The smallest absolute Gasteiger partial charge is 0.339 e. The van der Waals surface area contributed by atoms with Crippen molar-refractivity contribution in [3.05, 3.63) is 29.8 Å². The maximum Gasteiger partial charge on any atom is 0.339 e. The monoisotopic (exact) mass is 360 g/mol. The molecular formula is C15H21O8P. The molecule has 0 aliphatic carbocycles. The molecule has 134 valence electrons. The summed E-state index contributed by atoms with van der Waals surface area (Å²) in [4.78, 5) is 24.3. The molecule has 0 fully saturated rings. The molecule has 0 aliphatic heterocycles. The van der Waals surface area contributed by atoms with Gasteiger partial charge in [-0.2, -0.15) is 0 Å². The van der Waals surface area contributed by atoms with E-state index in [0.29, 0.717) is 11.3 Å². The molecule has 1 rings (SSSR count). The van der Waals surface area contributed by atoms with Crippen LogP contribution in [0.15, 0.2) is 24.3 Å². The van der Waals surface area contributed by atoms with E-state index in [-0.39, 0.29) is 0 Å². The van der Waals surface area contributed by atoms with E-state index in [9.17, 15) is 14.2 Å². The van der Waals surface area contributed by atoms with Crippen molar-refractivity contribution in [3.63, 3.8) is 0 Å². The Morgan fingerprint density at radius 2 is 1.33 bits per heavy atom. The van der Waals surface area contributed by atoms with E-state index in [4.69, 9.17) is 13.8 Å². The Morgan fingerprint density at radius 3 is 1.67 bits per heavy atom. The van der Waals surface area contributed by atoms with Crippen molar-refractivity contribution in [2.75, 3.05) is 35.5 Å². The molecule has 0 radical (unpaired) electrons. The Balaban J connectivity index is 3.53. The van der Waals surface area contributed by atoms with Crippen molar-refractivity contribution in [2.24, 2.45) is 5.92 Å². The molecule has 9 heteroatoms. The highest BCUT2D eigenvalue weighted by Crippen LogP contribution is 2.63. The maximum absolute atomic E-state index is 13.0. The Hall–Kier alpha value is -1.89. The minimum Gasteiger partial charge on any atom is -0.497 e. The summed E-state index contributed by atoms with van der Waals surface area (Å²) in [6.07, 6.45) is 0. The van der Waals surface area contributed by atoms with E-state index in [2.05, 4.69) is 9.47 Å². The first kappa shape index (κ1) is 20.2. The van der Waals surface area contributed by atoms with Gasteiger partial charge in [0.25, 0.3) is 0 Å². The van der Waals surface area contributed by atoms with Crippen LogP contribution >= 0.6 is 7.60 Å².